The number of anilines is 2. The first-order valence-corrected chi connectivity index (χ1v) is 12.6. The van der Waals surface area contributed by atoms with Crippen LogP contribution in [0.2, 0.25) is 0 Å². The third-order valence-corrected chi connectivity index (χ3v) is 6.53. The van der Waals surface area contributed by atoms with Crippen LogP contribution in [0, 0.1) is 13.8 Å². The molecule has 0 saturated heterocycles. The van der Waals surface area contributed by atoms with Gasteiger partial charge in [0.1, 0.15) is 6.61 Å². The molecule has 1 atom stereocenters. The number of benzene rings is 4. The van der Waals surface area contributed by atoms with Crippen molar-refractivity contribution in [2.75, 3.05) is 17.0 Å². The van der Waals surface area contributed by atoms with E-state index in [1.807, 2.05) is 115 Å². The highest BCUT2D eigenvalue weighted by atomic mass is 16.5. The van der Waals surface area contributed by atoms with Gasteiger partial charge in [-0.2, -0.15) is 0 Å². The van der Waals surface area contributed by atoms with Crippen molar-refractivity contribution in [1.29, 1.82) is 0 Å². The number of para-hydroxylation sites is 1. The highest BCUT2D eigenvalue weighted by molar-refractivity contribution is 6.44. The second-order valence-electron chi connectivity index (χ2n) is 9.40. The van der Waals surface area contributed by atoms with E-state index in [1.165, 1.54) is 0 Å². The fraction of sp³-hybridized carbons (Fsp3) is 0.188. The molecule has 1 heterocycles. The Balaban J connectivity index is 1.68. The van der Waals surface area contributed by atoms with Crippen molar-refractivity contribution in [2.45, 2.75) is 33.5 Å². The predicted molar refractivity (Wildman–Crippen MR) is 152 cm³/mol. The molecular formula is C32H31N3O3. The highest BCUT2D eigenvalue weighted by Crippen LogP contribution is 2.45. The Labute approximate surface area is 223 Å². The Bertz CT molecular complexity index is 1470. The molecule has 0 amide bonds. The van der Waals surface area contributed by atoms with Crippen LogP contribution >= 0.6 is 0 Å². The topological polar surface area (TPSA) is 54.4 Å². The number of carbonyl (C=O) groups excluding carboxylic acids is 1. The number of amidine groups is 1. The van der Waals surface area contributed by atoms with Crippen molar-refractivity contribution >= 4 is 23.0 Å². The minimum Gasteiger partial charge on any atom is -0.493 e. The number of ketones is 1. The first-order valence-electron chi connectivity index (χ1n) is 12.6. The lowest BCUT2D eigenvalue weighted by Gasteiger charge is -2.33. The van der Waals surface area contributed by atoms with E-state index in [2.05, 4.69) is 6.07 Å². The SMILES string of the molecule is COc1cccc([C@H]2N(c3ccc(C)cc3)N=C(C(C)=O)N2c2cccc(C)c2)c1OCc1ccccc1. The number of carbonyl (C=O) groups is 1. The Kier molecular flexibility index (Phi) is 7.13. The third-order valence-electron chi connectivity index (χ3n) is 6.53. The summed E-state index contributed by atoms with van der Waals surface area (Å²) in [5.74, 6) is 1.46. The van der Waals surface area contributed by atoms with Gasteiger partial charge in [-0.25, -0.2) is 5.01 Å². The fourth-order valence-electron chi connectivity index (χ4n) is 4.66. The van der Waals surface area contributed by atoms with Gasteiger partial charge in [-0.15, -0.1) is 5.10 Å². The molecule has 192 valence electrons. The molecule has 1 aliphatic heterocycles. The molecule has 6 heteroatoms. The zero-order chi connectivity index (χ0) is 26.6. The lowest BCUT2D eigenvalue weighted by molar-refractivity contribution is -0.111. The van der Waals surface area contributed by atoms with Crippen LogP contribution in [-0.2, 0) is 11.4 Å². The van der Waals surface area contributed by atoms with Crippen molar-refractivity contribution in [3.8, 4) is 11.5 Å². The molecular weight excluding hydrogens is 474 g/mol. The molecule has 0 aromatic heterocycles. The van der Waals surface area contributed by atoms with Crippen molar-refractivity contribution in [3.05, 3.63) is 119 Å². The largest absolute Gasteiger partial charge is 0.493 e. The lowest BCUT2D eigenvalue weighted by atomic mass is 10.1. The molecule has 6 nitrogen and oxygen atoms in total. The minimum atomic E-state index is -0.487. The average molecular weight is 506 g/mol. The van der Waals surface area contributed by atoms with Crippen molar-refractivity contribution in [3.63, 3.8) is 0 Å². The van der Waals surface area contributed by atoms with E-state index in [0.29, 0.717) is 23.9 Å². The summed E-state index contributed by atoms with van der Waals surface area (Å²) in [6.07, 6.45) is -0.487. The molecule has 4 aromatic carbocycles. The van der Waals surface area contributed by atoms with Crippen LogP contribution in [0.5, 0.6) is 11.5 Å². The maximum atomic E-state index is 13.0. The number of methoxy groups -OCH3 is 1. The second kappa shape index (κ2) is 10.8. The summed E-state index contributed by atoms with van der Waals surface area (Å²) >= 11 is 0. The van der Waals surface area contributed by atoms with E-state index < -0.39 is 6.17 Å². The van der Waals surface area contributed by atoms with Gasteiger partial charge in [-0.05, 0) is 55.3 Å². The number of Topliss-reactive ketones (excluding diaryl/α,β-unsaturated/α-hetero) is 1. The number of hydrogen-bond donors (Lipinski definition) is 0. The predicted octanol–water partition coefficient (Wildman–Crippen LogP) is 6.82. The van der Waals surface area contributed by atoms with E-state index in [1.54, 1.807) is 14.0 Å². The number of aryl methyl sites for hydroxylation is 2. The zero-order valence-electron chi connectivity index (χ0n) is 22.1. The Morgan fingerprint density at radius 3 is 2.26 bits per heavy atom. The highest BCUT2D eigenvalue weighted by Gasteiger charge is 2.41. The number of nitrogens with zero attached hydrogens (tertiary/aromatic N) is 3. The molecule has 0 spiro atoms. The molecule has 0 aliphatic carbocycles. The van der Waals surface area contributed by atoms with E-state index in [0.717, 1.165) is 33.6 Å². The molecule has 0 fully saturated rings. The first kappa shape index (κ1) is 25.1. The van der Waals surface area contributed by atoms with E-state index >= 15 is 0 Å². The summed E-state index contributed by atoms with van der Waals surface area (Å²) in [6, 6.07) is 32.1. The van der Waals surface area contributed by atoms with Gasteiger partial charge in [-0.3, -0.25) is 9.69 Å². The molecule has 38 heavy (non-hydrogen) atoms. The monoisotopic (exact) mass is 505 g/mol. The normalized spacial score (nSPS) is 14.8. The number of hydrazone groups is 1. The number of ether oxygens (including phenoxy) is 2. The quantitative estimate of drug-likeness (QED) is 0.263. The van der Waals surface area contributed by atoms with Crippen molar-refractivity contribution in [1.82, 2.24) is 0 Å². The molecule has 1 aliphatic rings. The molecule has 5 rings (SSSR count). The third kappa shape index (κ3) is 4.98. The van der Waals surface area contributed by atoms with Gasteiger partial charge >= 0.3 is 0 Å². The van der Waals surface area contributed by atoms with E-state index in [-0.39, 0.29) is 5.78 Å². The minimum absolute atomic E-state index is 0.124. The first-order chi connectivity index (χ1) is 18.5. The van der Waals surface area contributed by atoms with Crippen LogP contribution in [0.1, 0.15) is 35.3 Å². The van der Waals surface area contributed by atoms with Gasteiger partial charge in [-0.1, -0.05) is 72.3 Å². The molecule has 0 bridgehead atoms. The Hall–Kier alpha value is -4.58. The summed E-state index contributed by atoms with van der Waals surface area (Å²) in [5.41, 5.74) is 5.85. The molecule has 0 radical (unpaired) electrons. The van der Waals surface area contributed by atoms with Crippen LogP contribution in [0.25, 0.3) is 0 Å². The summed E-state index contributed by atoms with van der Waals surface area (Å²) in [6.45, 7) is 6.01. The van der Waals surface area contributed by atoms with Gasteiger partial charge in [0.2, 0.25) is 0 Å². The molecule has 4 aromatic rings. The smallest absolute Gasteiger partial charge is 0.198 e. The Morgan fingerprint density at radius 1 is 0.842 bits per heavy atom. The molecule has 0 saturated carbocycles. The summed E-state index contributed by atoms with van der Waals surface area (Å²) in [4.78, 5) is 15.0. The van der Waals surface area contributed by atoms with Crippen LogP contribution in [0.15, 0.2) is 102 Å². The van der Waals surface area contributed by atoms with Gasteiger partial charge in [0.15, 0.2) is 29.3 Å². The van der Waals surface area contributed by atoms with Crippen LogP contribution in [0.3, 0.4) is 0 Å². The van der Waals surface area contributed by atoms with Crippen molar-refractivity contribution in [2.24, 2.45) is 5.10 Å². The van der Waals surface area contributed by atoms with Gasteiger partial charge < -0.3 is 9.47 Å². The van der Waals surface area contributed by atoms with E-state index in [4.69, 9.17) is 14.6 Å². The average Bonchev–Trinajstić information content (AvgIpc) is 3.33. The van der Waals surface area contributed by atoms with Crippen LogP contribution in [0.4, 0.5) is 11.4 Å². The van der Waals surface area contributed by atoms with Crippen LogP contribution < -0.4 is 19.4 Å². The standard InChI is InChI=1S/C32H31N3O3/c1-22-16-18-26(19-17-22)35-32(34(31(33-35)24(3)36)27-13-8-10-23(2)20-27)28-14-9-15-29(37-4)30(28)38-21-25-11-6-5-7-12-25/h5-20,32H,21H2,1-4H3/t32-/m1/s1. The molecule has 0 unspecified atom stereocenters. The lowest BCUT2D eigenvalue weighted by Crippen LogP contribution is -2.38. The maximum absolute atomic E-state index is 13.0. The van der Waals surface area contributed by atoms with E-state index in [9.17, 15) is 4.79 Å². The van der Waals surface area contributed by atoms with Crippen LogP contribution in [-0.4, -0.2) is 18.7 Å². The van der Waals surface area contributed by atoms with Gasteiger partial charge in [0.05, 0.1) is 12.8 Å². The summed E-state index contributed by atoms with van der Waals surface area (Å²) in [5, 5.41) is 6.77. The maximum Gasteiger partial charge on any atom is 0.198 e. The van der Waals surface area contributed by atoms with Crippen molar-refractivity contribution < 1.29 is 14.3 Å². The number of rotatable bonds is 8. The Morgan fingerprint density at radius 2 is 1.58 bits per heavy atom. The van der Waals surface area contributed by atoms with Gasteiger partial charge in [0.25, 0.3) is 0 Å². The summed E-state index contributed by atoms with van der Waals surface area (Å²) < 4.78 is 12.2. The second-order valence-corrected chi connectivity index (χ2v) is 9.40. The fourth-order valence-corrected chi connectivity index (χ4v) is 4.66. The summed E-state index contributed by atoms with van der Waals surface area (Å²) in [7, 11) is 1.64. The van der Waals surface area contributed by atoms with Gasteiger partial charge in [0, 0.05) is 18.2 Å². The molecule has 0 N–H and O–H groups in total. The number of hydrogen-bond acceptors (Lipinski definition) is 6. The zero-order valence-corrected chi connectivity index (χ0v) is 22.1.